The summed E-state index contributed by atoms with van der Waals surface area (Å²) < 4.78 is 30.6. The average molecular weight is 409 g/mol. The van der Waals surface area contributed by atoms with Crippen molar-refractivity contribution in [1.29, 1.82) is 0 Å². The molecule has 0 radical (unpaired) electrons. The summed E-state index contributed by atoms with van der Waals surface area (Å²) in [5.74, 6) is -0.208. The fraction of sp³-hybridized carbons (Fsp3) is 0.304. The number of carbonyl (C=O) groups is 1. The third-order valence-corrected chi connectivity index (χ3v) is 5.78. The normalized spacial score (nSPS) is 20.7. The molecule has 2 aliphatic rings. The molecule has 2 aromatic carbocycles. The van der Waals surface area contributed by atoms with Crippen LogP contribution in [0, 0.1) is 5.82 Å². The van der Waals surface area contributed by atoms with Crippen molar-refractivity contribution in [2.75, 3.05) is 20.3 Å². The predicted octanol–water partition coefficient (Wildman–Crippen LogP) is 3.66. The minimum absolute atomic E-state index is 0.0120. The van der Waals surface area contributed by atoms with E-state index < -0.39 is 17.3 Å². The van der Waals surface area contributed by atoms with E-state index in [1.807, 2.05) is 12.1 Å². The SMILES string of the molecule is COc1ccc([C@H]2c3c(oc4ccc(F)cc4c3=O)C(=O)N2C[C@@H]2CCCO2)cc1. The maximum absolute atomic E-state index is 13.8. The van der Waals surface area contributed by atoms with E-state index in [9.17, 15) is 14.0 Å². The molecule has 2 aliphatic heterocycles. The van der Waals surface area contributed by atoms with Crippen molar-refractivity contribution in [1.82, 2.24) is 4.90 Å². The number of halogens is 1. The van der Waals surface area contributed by atoms with E-state index in [0.29, 0.717) is 18.9 Å². The topological polar surface area (TPSA) is 69.0 Å². The third-order valence-electron chi connectivity index (χ3n) is 5.78. The van der Waals surface area contributed by atoms with Crippen molar-refractivity contribution in [3.8, 4) is 5.75 Å². The Morgan fingerprint density at radius 2 is 1.97 bits per heavy atom. The Morgan fingerprint density at radius 1 is 1.17 bits per heavy atom. The van der Waals surface area contributed by atoms with Gasteiger partial charge in [-0.3, -0.25) is 9.59 Å². The summed E-state index contributed by atoms with van der Waals surface area (Å²) in [6, 6.07) is 10.3. The lowest BCUT2D eigenvalue weighted by Crippen LogP contribution is -2.36. The molecule has 0 N–H and O–H groups in total. The van der Waals surface area contributed by atoms with E-state index in [2.05, 4.69) is 0 Å². The second-order valence-electron chi connectivity index (χ2n) is 7.58. The van der Waals surface area contributed by atoms with Gasteiger partial charge in [-0.05, 0) is 48.7 Å². The maximum atomic E-state index is 13.8. The Bertz CT molecular complexity index is 1180. The number of ether oxygens (including phenoxy) is 2. The molecule has 1 aromatic heterocycles. The highest BCUT2D eigenvalue weighted by Crippen LogP contribution is 2.39. The van der Waals surface area contributed by atoms with Crippen LogP contribution in [0.5, 0.6) is 5.75 Å². The summed E-state index contributed by atoms with van der Waals surface area (Å²) in [6.07, 6.45) is 1.70. The molecule has 1 amide bonds. The molecular weight excluding hydrogens is 389 g/mol. The second kappa shape index (κ2) is 7.25. The molecular formula is C23H20FNO5. The molecule has 3 heterocycles. The van der Waals surface area contributed by atoms with E-state index in [-0.39, 0.29) is 34.3 Å². The first-order valence-corrected chi connectivity index (χ1v) is 9.89. The minimum Gasteiger partial charge on any atom is -0.497 e. The number of rotatable bonds is 4. The van der Waals surface area contributed by atoms with Gasteiger partial charge in [0.1, 0.15) is 17.1 Å². The number of amides is 1. The first kappa shape index (κ1) is 18.8. The lowest BCUT2D eigenvalue weighted by Gasteiger charge is -2.27. The van der Waals surface area contributed by atoms with Gasteiger partial charge in [-0.15, -0.1) is 0 Å². The van der Waals surface area contributed by atoms with Gasteiger partial charge in [-0.2, -0.15) is 0 Å². The molecule has 3 aromatic rings. The number of hydrogen-bond donors (Lipinski definition) is 0. The van der Waals surface area contributed by atoms with Gasteiger partial charge in [0.2, 0.25) is 5.76 Å². The summed E-state index contributed by atoms with van der Waals surface area (Å²) in [7, 11) is 1.57. The van der Waals surface area contributed by atoms with Gasteiger partial charge in [0, 0.05) is 13.2 Å². The van der Waals surface area contributed by atoms with Crippen LogP contribution in [0.25, 0.3) is 11.0 Å². The van der Waals surface area contributed by atoms with Crippen molar-refractivity contribution >= 4 is 16.9 Å². The number of fused-ring (bicyclic) bond motifs is 2. The highest BCUT2D eigenvalue weighted by Gasteiger charge is 2.43. The average Bonchev–Trinajstić information content (AvgIpc) is 3.37. The Labute approximate surface area is 171 Å². The molecule has 30 heavy (non-hydrogen) atoms. The Morgan fingerprint density at radius 3 is 2.67 bits per heavy atom. The molecule has 6 nitrogen and oxygen atoms in total. The smallest absolute Gasteiger partial charge is 0.291 e. The van der Waals surface area contributed by atoms with Crippen LogP contribution in [0.15, 0.2) is 51.7 Å². The molecule has 1 fully saturated rings. The lowest BCUT2D eigenvalue weighted by atomic mass is 9.98. The van der Waals surface area contributed by atoms with Crippen molar-refractivity contribution in [2.24, 2.45) is 0 Å². The van der Waals surface area contributed by atoms with E-state index >= 15 is 0 Å². The molecule has 7 heteroatoms. The Balaban J connectivity index is 1.69. The summed E-state index contributed by atoms with van der Waals surface area (Å²) in [6.45, 7) is 1.01. The van der Waals surface area contributed by atoms with Crippen LogP contribution in [0.4, 0.5) is 4.39 Å². The van der Waals surface area contributed by atoms with Crippen molar-refractivity contribution in [3.05, 3.63) is 75.4 Å². The molecule has 0 spiro atoms. The summed E-state index contributed by atoms with van der Waals surface area (Å²) in [5.41, 5.74) is 0.793. The van der Waals surface area contributed by atoms with Gasteiger partial charge in [-0.1, -0.05) is 12.1 Å². The molecule has 2 atom stereocenters. The summed E-state index contributed by atoms with van der Waals surface area (Å²) in [5, 5.41) is 0.124. The molecule has 0 unspecified atom stereocenters. The first-order chi connectivity index (χ1) is 14.6. The minimum atomic E-state index is -0.633. The zero-order valence-electron chi connectivity index (χ0n) is 16.4. The van der Waals surface area contributed by atoms with Gasteiger partial charge in [0.05, 0.1) is 30.2 Å². The zero-order valence-corrected chi connectivity index (χ0v) is 16.4. The number of nitrogens with zero attached hydrogens (tertiary/aromatic N) is 1. The second-order valence-corrected chi connectivity index (χ2v) is 7.58. The van der Waals surface area contributed by atoms with Gasteiger partial charge >= 0.3 is 0 Å². The molecule has 0 saturated carbocycles. The van der Waals surface area contributed by atoms with E-state index in [1.54, 1.807) is 24.1 Å². The van der Waals surface area contributed by atoms with Crippen molar-refractivity contribution < 1.29 is 23.1 Å². The Hall–Kier alpha value is -3.19. The summed E-state index contributed by atoms with van der Waals surface area (Å²) in [4.78, 5) is 28.3. The molecule has 5 rings (SSSR count). The monoisotopic (exact) mass is 409 g/mol. The Kier molecular flexibility index (Phi) is 4.55. The van der Waals surface area contributed by atoms with Crippen molar-refractivity contribution in [2.45, 2.75) is 25.0 Å². The van der Waals surface area contributed by atoms with Crippen LogP contribution in [0.3, 0.4) is 0 Å². The maximum Gasteiger partial charge on any atom is 0.291 e. The standard InChI is InChI=1S/C23H20FNO5/c1-28-15-7-4-13(5-8-15)20-19-21(26)17-11-14(24)6-9-18(17)30-22(19)23(27)25(20)12-16-3-2-10-29-16/h4-9,11,16,20H,2-3,10,12H2,1H3/t16-,20-/m0/s1. The number of hydrogen-bond acceptors (Lipinski definition) is 5. The lowest BCUT2D eigenvalue weighted by molar-refractivity contribution is 0.0486. The van der Waals surface area contributed by atoms with Crippen LogP contribution < -0.4 is 10.2 Å². The quantitative estimate of drug-likeness (QED) is 0.658. The largest absolute Gasteiger partial charge is 0.497 e. The highest BCUT2D eigenvalue weighted by molar-refractivity contribution is 5.99. The highest BCUT2D eigenvalue weighted by atomic mass is 19.1. The van der Waals surface area contributed by atoms with Gasteiger partial charge in [-0.25, -0.2) is 4.39 Å². The molecule has 0 aliphatic carbocycles. The molecule has 1 saturated heterocycles. The third kappa shape index (κ3) is 2.97. The number of carbonyl (C=O) groups excluding carboxylic acids is 1. The van der Waals surface area contributed by atoms with Crippen LogP contribution in [0.2, 0.25) is 0 Å². The van der Waals surface area contributed by atoms with Crippen LogP contribution in [0.1, 0.15) is 40.6 Å². The fourth-order valence-corrected chi connectivity index (χ4v) is 4.32. The van der Waals surface area contributed by atoms with Crippen molar-refractivity contribution in [3.63, 3.8) is 0 Å². The van der Waals surface area contributed by atoms with Crippen LogP contribution in [-0.4, -0.2) is 37.2 Å². The van der Waals surface area contributed by atoms with E-state index in [1.165, 1.54) is 12.1 Å². The molecule has 0 bridgehead atoms. The predicted molar refractivity (Wildman–Crippen MR) is 107 cm³/mol. The number of methoxy groups -OCH3 is 1. The van der Waals surface area contributed by atoms with Gasteiger partial charge in [0.15, 0.2) is 5.43 Å². The van der Waals surface area contributed by atoms with Gasteiger partial charge in [0.25, 0.3) is 5.91 Å². The number of benzene rings is 2. The fourth-order valence-electron chi connectivity index (χ4n) is 4.32. The first-order valence-electron chi connectivity index (χ1n) is 9.89. The van der Waals surface area contributed by atoms with Crippen LogP contribution in [-0.2, 0) is 4.74 Å². The summed E-state index contributed by atoms with van der Waals surface area (Å²) >= 11 is 0. The van der Waals surface area contributed by atoms with Crippen LogP contribution >= 0.6 is 0 Å². The van der Waals surface area contributed by atoms with E-state index in [4.69, 9.17) is 13.9 Å². The van der Waals surface area contributed by atoms with E-state index in [0.717, 1.165) is 24.5 Å². The zero-order chi connectivity index (χ0) is 20.8. The van der Waals surface area contributed by atoms with Gasteiger partial charge < -0.3 is 18.8 Å². The molecule has 154 valence electrons.